The topological polar surface area (TPSA) is 17.0 Å². The van der Waals surface area contributed by atoms with E-state index in [4.69, 9.17) is 0 Å². The summed E-state index contributed by atoms with van der Waals surface area (Å²) in [6.07, 6.45) is 7.94. The Balaban J connectivity index is 1.97. The summed E-state index contributed by atoms with van der Waals surface area (Å²) >= 11 is 0. The first-order valence-electron chi connectivity index (χ1n) is 6.37. The Hall–Kier alpha value is -1.70. The molecule has 2 rings (SSSR count). The Kier molecular flexibility index (Phi) is 4.25. The van der Waals surface area contributed by atoms with Gasteiger partial charge in [0.1, 0.15) is 0 Å². The zero-order chi connectivity index (χ0) is 11.9. The highest BCUT2D eigenvalue weighted by molar-refractivity contribution is 5.51. The third kappa shape index (κ3) is 3.38. The minimum Gasteiger partial charge on any atom is -0.385 e. The van der Waals surface area contributed by atoms with Crippen LogP contribution in [0.3, 0.4) is 0 Å². The van der Waals surface area contributed by atoms with Gasteiger partial charge in [-0.25, -0.2) is 0 Å². The molecule has 0 radical (unpaired) electrons. The molecule has 17 heavy (non-hydrogen) atoms. The van der Waals surface area contributed by atoms with Gasteiger partial charge in [0, 0.05) is 30.3 Å². The first-order valence-corrected chi connectivity index (χ1v) is 6.37. The van der Waals surface area contributed by atoms with Crippen molar-refractivity contribution in [2.45, 2.75) is 26.2 Å². The molecule has 90 valence electrons. The van der Waals surface area contributed by atoms with Crippen LogP contribution in [0.25, 0.3) is 5.69 Å². The number of nitrogens with one attached hydrogen (secondary N) is 1. The van der Waals surface area contributed by atoms with Crippen molar-refractivity contribution in [3.8, 4) is 5.69 Å². The van der Waals surface area contributed by atoms with Crippen molar-refractivity contribution in [3.05, 3.63) is 48.8 Å². The van der Waals surface area contributed by atoms with Gasteiger partial charge < -0.3 is 9.88 Å². The third-order valence-corrected chi connectivity index (χ3v) is 2.86. The number of hydrogen-bond acceptors (Lipinski definition) is 1. The van der Waals surface area contributed by atoms with Gasteiger partial charge >= 0.3 is 0 Å². The van der Waals surface area contributed by atoms with E-state index >= 15 is 0 Å². The second-order valence-electron chi connectivity index (χ2n) is 4.27. The summed E-state index contributed by atoms with van der Waals surface area (Å²) in [7, 11) is 0. The maximum absolute atomic E-state index is 3.47. The molecule has 0 amide bonds. The van der Waals surface area contributed by atoms with Crippen LogP contribution in [0.15, 0.2) is 48.8 Å². The molecule has 1 aromatic carbocycles. The van der Waals surface area contributed by atoms with Gasteiger partial charge in [-0.1, -0.05) is 25.8 Å². The van der Waals surface area contributed by atoms with Crippen LogP contribution in [0, 0.1) is 0 Å². The van der Waals surface area contributed by atoms with Gasteiger partial charge in [0.15, 0.2) is 0 Å². The van der Waals surface area contributed by atoms with Crippen molar-refractivity contribution in [2.75, 3.05) is 11.9 Å². The zero-order valence-corrected chi connectivity index (χ0v) is 10.4. The molecular weight excluding hydrogens is 208 g/mol. The molecule has 0 fully saturated rings. The van der Waals surface area contributed by atoms with Crippen LogP contribution in [0.4, 0.5) is 5.69 Å². The molecule has 2 heteroatoms. The summed E-state index contributed by atoms with van der Waals surface area (Å²) in [5.74, 6) is 0. The number of hydrogen-bond donors (Lipinski definition) is 1. The summed E-state index contributed by atoms with van der Waals surface area (Å²) < 4.78 is 2.12. The number of benzene rings is 1. The van der Waals surface area contributed by atoms with E-state index in [-0.39, 0.29) is 0 Å². The van der Waals surface area contributed by atoms with Crippen LogP contribution in [0.1, 0.15) is 26.2 Å². The Morgan fingerprint density at radius 2 is 1.88 bits per heavy atom. The van der Waals surface area contributed by atoms with Crippen LogP contribution >= 0.6 is 0 Å². The molecule has 0 aliphatic rings. The first-order chi connectivity index (χ1) is 8.40. The second kappa shape index (κ2) is 6.14. The second-order valence-corrected chi connectivity index (χ2v) is 4.27. The van der Waals surface area contributed by atoms with E-state index in [9.17, 15) is 0 Å². The van der Waals surface area contributed by atoms with Gasteiger partial charge in [-0.15, -0.1) is 0 Å². The number of anilines is 1. The lowest BCUT2D eigenvalue weighted by atomic mass is 10.2. The van der Waals surface area contributed by atoms with Gasteiger partial charge in [0.25, 0.3) is 0 Å². The summed E-state index contributed by atoms with van der Waals surface area (Å²) in [4.78, 5) is 0. The largest absolute Gasteiger partial charge is 0.385 e. The fraction of sp³-hybridized carbons (Fsp3) is 0.333. The molecule has 0 aliphatic heterocycles. The monoisotopic (exact) mass is 228 g/mol. The lowest BCUT2D eigenvalue weighted by molar-refractivity contribution is 0.744. The summed E-state index contributed by atoms with van der Waals surface area (Å²) in [5, 5.41) is 3.47. The molecule has 0 unspecified atom stereocenters. The van der Waals surface area contributed by atoms with Gasteiger partial charge in [0.2, 0.25) is 0 Å². The van der Waals surface area contributed by atoms with Crippen molar-refractivity contribution >= 4 is 5.69 Å². The van der Waals surface area contributed by atoms with Crippen LogP contribution in [0.2, 0.25) is 0 Å². The SMILES string of the molecule is CCCCCNc1cccc(-n2cccc2)c1. The average Bonchev–Trinajstić information content (AvgIpc) is 2.89. The molecule has 0 atom stereocenters. The number of unbranched alkanes of at least 4 members (excludes halogenated alkanes) is 2. The Morgan fingerprint density at radius 3 is 2.65 bits per heavy atom. The van der Waals surface area contributed by atoms with E-state index in [2.05, 4.69) is 53.5 Å². The number of nitrogens with zero attached hydrogens (tertiary/aromatic N) is 1. The number of rotatable bonds is 6. The van der Waals surface area contributed by atoms with Gasteiger partial charge in [-0.05, 0) is 36.8 Å². The van der Waals surface area contributed by atoms with Crippen LogP contribution in [0.5, 0.6) is 0 Å². The lowest BCUT2D eigenvalue weighted by Gasteiger charge is -2.08. The minimum absolute atomic E-state index is 1.06. The lowest BCUT2D eigenvalue weighted by Crippen LogP contribution is -2.01. The molecule has 0 aliphatic carbocycles. The predicted molar refractivity (Wildman–Crippen MR) is 73.8 cm³/mol. The minimum atomic E-state index is 1.06. The van der Waals surface area contributed by atoms with Crippen LogP contribution < -0.4 is 5.32 Å². The molecule has 2 aromatic rings. The van der Waals surface area contributed by atoms with E-state index in [0.717, 1.165) is 6.54 Å². The fourth-order valence-corrected chi connectivity index (χ4v) is 1.89. The molecule has 2 nitrogen and oxygen atoms in total. The van der Waals surface area contributed by atoms with E-state index < -0.39 is 0 Å². The van der Waals surface area contributed by atoms with Crippen molar-refractivity contribution < 1.29 is 0 Å². The molecule has 1 N–H and O–H groups in total. The first kappa shape index (κ1) is 11.8. The van der Waals surface area contributed by atoms with Crippen molar-refractivity contribution in [2.24, 2.45) is 0 Å². The number of aromatic nitrogens is 1. The normalized spacial score (nSPS) is 10.4. The maximum Gasteiger partial charge on any atom is 0.0469 e. The highest BCUT2D eigenvalue weighted by Crippen LogP contribution is 2.14. The zero-order valence-electron chi connectivity index (χ0n) is 10.4. The van der Waals surface area contributed by atoms with Crippen LogP contribution in [-0.4, -0.2) is 11.1 Å². The smallest absolute Gasteiger partial charge is 0.0469 e. The van der Waals surface area contributed by atoms with E-state index in [1.54, 1.807) is 0 Å². The summed E-state index contributed by atoms with van der Waals surface area (Å²) in [6, 6.07) is 12.6. The quantitative estimate of drug-likeness (QED) is 0.737. The van der Waals surface area contributed by atoms with Crippen molar-refractivity contribution in [1.29, 1.82) is 0 Å². The Bertz CT molecular complexity index is 432. The standard InChI is InChI=1S/C15H20N2/c1-2-3-4-10-16-14-8-7-9-15(13-14)17-11-5-6-12-17/h5-9,11-13,16H,2-4,10H2,1H3. The van der Waals surface area contributed by atoms with Gasteiger partial charge in [-0.2, -0.15) is 0 Å². The Labute approximate surface area is 103 Å². The molecule has 1 aromatic heterocycles. The maximum atomic E-state index is 3.47. The van der Waals surface area contributed by atoms with Crippen LogP contribution in [-0.2, 0) is 0 Å². The fourth-order valence-electron chi connectivity index (χ4n) is 1.89. The van der Waals surface area contributed by atoms with E-state index in [0.29, 0.717) is 0 Å². The molecule has 0 spiro atoms. The highest BCUT2D eigenvalue weighted by atomic mass is 14.9. The van der Waals surface area contributed by atoms with Crippen molar-refractivity contribution in [1.82, 2.24) is 4.57 Å². The third-order valence-electron chi connectivity index (χ3n) is 2.86. The van der Waals surface area contributed by atoms with E-state index in [1.807, 2.05) is 12.1 Å². The van der Waals surface area contributed by atoms with Gasteiger partial charge in [-0.3, -0.25) is 0 Å². The van der Waals surface area contributed by atoms with Crippen molar-refractivity contribution in [3.63, 3.8) is 0 Å². The molecular formula is C15H20N2. The molecule has 0 saturated heterocycles. The predicted octanol–water partition coefficient (Wildman–Crippen LogP) is 4.08. The molecule has 0 saturated carbocycles. The Morgan fingerprint density at radius 1 is 1.06 bits per heavy atom. The van der Waals surface area contributed by atoms with E-state index in [1.165, 1.54) is 30.6 Å². The van der Waals surface area contributed by atoms with Gasteiger partial charge in [0.05, 0.1) is 0 Å². The molecule has 0 bridgehead atoms. The highest BCUT2D eigenvalue weighted by Gasteiger charge is 1.96. The summed E-state index contributed by atoms with van der Waals surface area (Å²) in [5.41, 5.74) is 2.41. The summed E-state index contributed by atoms with van der Waals surface area (Å²) in [6.45, 7) is 3.29. The molecule has 1 heterocycles. The average molecular weight is 228 g/mol.